The van der Waals surface area contributed by atoms with E-state index < -0.39 is 0 Å². The van der Waals surface area contributed by atoms with Crippen molar-refractivity contribution in [3.63, 3.8) is 0 Å². The third-order valence-corrected chi connectivity index (χ3v) is 4.04. The number of methoxy groups -OCH3 is 1. The molecule has 0 spiro atoms. The molecule has 1 aromatic carbocycles. The standard InChI is InChI=1S/C17H21N3O/c1-21-16-10-6-5-9-15(16)20-14-11-18-17(19-12-14)13-7-3-2-4-8-13/h2-4,7-8,11-12,15-16,20H,5-6,9-10H2,1H3. The number of ether oxygens (including phenoxy) is 1. The minimum atomic E-state index is 0.285. The molecule has 1 heterocycles. The highest BCUT2D eigenvalue weighted by molar-refractivity contribution is 5.55. The van der Waals surface area contributed by atoms with Crippen LogP contribution in [0.5, 0.6) is 0 Å². The average Bonchev–Trinajstić information content (AvgIpc) is 2.57. The number of anilines is 1. The van der Waals surface area contributed by atoms with Gasteiger partial charge in [-0.1, -0.05) is 43.2 Å². The number of nitrogens with zero attached hydrogens (tertiary/aromatic N) is 2. The Morgan fingerprint density at radius 3 is 2.48 bits per heavy atom. The molecule has 1 N–H and O–H groups in total. The summed E-state index contributed by atoms with van der Waals surface area (Å²) in [7, 11) is 1.79. The number of nitrogens with one attached hydrogen (secondary N) is 1. The van der Waals surface area contributed by atoms with Gasteiger partial charge in [-0.05, 0) is 12.8 Å². The Labute approximate surface area is 125 Å². The summed E-state index contributed by atoms with van der Waals surface area (Å²) in [5.41, 5.74) is 2.00. The van der Waals surface area contributed by atoms with Crippen LogP contribution < -0.4 is 5.32 Å². The molecule has 0 radical (unpaired) electrons. The topological polar surface area (TPSA) is 47.0 Å². The van der Waals surface area contributed by atoms with Crippen LogP contribution in [0.1, 0.15) is 25.7 Å². The first kappa shape index (κ1) is 14.0. The van der Waals surface area contributed by atoms with Crippen LogP contribution in [0.2, 0.25) is 0 Å². The number of aromatic nitrogens is 2. The maximum absolute atomic E-state index is 5.57. The first-order valence-corrected chi connectivity index (χ1v) is 7.53. The minimum Gasteiger partial charge on any atom is -0.379 e. The first-order chi connectivity index (χ1) is 10.4. The Hall–Kier alpha value is -1.94. The zero-order chi connectivity index (χ0) is 14.5. The molecule has 1 fully saturated rings. The molecule has 0 bridgehead atoms. The molecule has 110 valence electrons. The van der Waals surface area contributed by atoms with E-state index in [-0.39, 0.29) is 6.10 Å². The second-order valence-corrected chi connectivity index (χ2v) is 5.47. The summed E-state index contributed by atoms with van der Waals surface area (Å²) >= 11 is 0. The van der Waals surface area contributed by atoms with E-state index in [1.54, 1.807) is 7.11 Å². The van der Waals surface area contributed by atoms with E-state index in [2.05, 4.69) is 15.3 Å². The molecule has 0 saturated heterocycles. The monoisotopic (exact) mass is 283 g/mol. The largest absolute Gasteiger partial charge is 0.379 e. The van der Waals surface area contributed by atoms with Gasteiger partial charge in [-0.15, -0.1) is 0 Å². The molecule has 1 aliphatic carbocycles. The summed E-state index contributed by atoms with van der Waals surface area (Å²) < 4.78 is 5.57. The van der Waals surface area contributed by atoms with E-state index in [0.717, 1.165) is 29.9 Å². The highest BCUT2D eigenvalue weighted by Crippen LogP contribution is 2.24. The Kier molecular flexibility index (Phi) is 4.46. The lowest BCUT2D eigenvalue weighted by Gasteiger charge is -2.31. The van der Waals surface area contributed by atoms with Crippen molar-refractivity contribution in [2.45, 2.75) is 37.8 Å². The summed E-state index contributed by atoms with van der Waals surface area (Å²) in [5.74, 6) is 0.757. The number of hydrogen-bond acceptors (Lipinski definition) is 4. The van der Waals surface area contributed by atoms with Crippen molar-refractivity contribution in [1.82, 2.24) is 9.97 Å². The van der Waals surface area contributed by atoms with Crippen LogP contribution in [0.25, 0.3) is 11.4 Å². The highest BCUT2D eigenvalue weighted by Gasteiger charge is 2.24. The zero-order valence-corrected chi connectivity index (χ0v) is 12.3. The lowest BCUT2D eigenvalue weighted by atomic mass is 9.92. The second kappa shape index (κ2) is 6.68. The third-order valence-electron chi connectivity index (χ3n) is 4.04. The van der Waals surface area contributed by atoms with Crippen molar-refractivity contribution in [2.24, 2.45) is 0 Å². The summed E-state index contributed by atoms with van der Waals surface area (Å²) in [6.45, 7) is 0. The van der Waals surface area contributed by atoms with Gasteiger partial charge < -0.3 is 10.1 Å². The maximum Gasteiger partial charge on any atom is 0.159 e. The van der Waals surface area contributed by atoms with Crippen LogP contribution in [-0.2, 0) is 4.74 Å². The quantitative estimate of drug-likeness (QED) is 0.932. The molecule has 0 aliphatic heterocycles. The van der Waals surface area contributed by atoms with Crippen molar-refractivity contribution in [1.29, 1.82) is 0 Å². The molecule has 3 rings (SSSR count). The molecule has 4 nitrogen and oxygen atoms in total. The minimum absolute atomic E-state index is 0.285. The fourth-order valence-electron chi connectivity index (χ4n) is 2.90. The predicted molar refractivity (Wildman–Crippen MR) is 84.1 cm³/mol. The fourth-order valence-corrected chi connectivity index (χ4v) is 2.90. The number of hydrogen-bond donors (Lipinski definition) is 1. The van der Waals surface area contributed by atoms with Crippen LogP contribution in [0.3, 0.4) is 0 Å². The van der Waals surface area contributed by atoms with Gasteiger partial charge in [0.15, 0.2) is 5.82 Å². The molecule has 1 saturated carbocycles. The van der Waals surface area contributed by atoms with Crippen LogP contribution in [0, 0.1) is 0 Å². The van der Waals surface area contributed by atoms with Crippen molar-refractivity contribution in [2.75, 3.05) is 12.4 Å². The van der Waals surface area contributed by atoms with Gasteiger partial charge in [-0.3, -0.25) is 0 Å². The van der Waals surface area contributed by atoms with Gasteiger partial charge in [-0.25, -0.2) is 9.97 Å². The summed E-state index contributed by atoms with van der Waals surface area (Å²) in [4.78, 5) is 8.90. The van der Waals surface area contributed by atoms with E-state index in [1.807, 2.05) is 42.7 Å². The normalized spacial score (nSPS) is 22.0. The van der Waals surface area contributed by atoms with Gasteiger partial charge in [0.25, 0.3) is 0 Å². The van der Waals surface area contributed by atoms with Crippen molar-refractivity contribution >= 4 is 5.69 Å². The molecule has 1 aromatic heterocycles. The van der Waals surface area contributed by atoms with Crippen molar-refractivity contribution in [3.05, 3.63) is 42.7 Å². The summed E-state index contributed by atoms with van der Waals surface area (Å²) in [6, 6.07) is 10.4. The Morgan fingerprint density at radius 2 is 1.76 bits per heavy atom. The third kappa shape index (κ3) is 3.39. The molecule has 2 unspecified atom stereocenters. The van der Waals surface area contributed by atoms with Gasteiger partial charge in [0.2, 0.25) is 0 Å². The van der Waals surface area contributed by atoms with Gasteiger partial charge in [0, 0.05) is 12.7 Å². The van der Waals surface area contributed by atoms with Crippen LogP contribution in [0.15, 0.2) is 42.7 Å². The van der Waals surface area contributed by atoms with Crippen molar-refractivity contribution < 1.29 is 4.74 Å². The van der Waals surface area contributed by atoms with Crippen LogP contribution in [-0.4, -0.2) is 29.2 Å². The van der Waals surface area contributed by atoms with Gasteiger partial charge in [0.1, 0.15) is 0 Å². The zero-order valence-electron chi connectivity index (χ0n) is 12.3. The SMILES string of the molecule is COC1CCCCC1Nc1cnc(-c2ccccc2)nc1. The van der Waals surface area contributed by atoms with E-state index >= 15 is 0 Å². The predicted octanol–water partition coefficient (Wildman–Crippen LogP) is 3.51. The second-order valence-electron chi connectivity index (χ2n) is 5.47. The molecule has 0 amide bonds. The number of rotatable bonds is 4. The van der Waals surface area contributed by atoms with Crippen LogP contribution in [0.4, 0.5) is 5.69 Å². The molecular formula is C17H21N3O. The molecule has 4 heteroatoms. The number of benzene rings is 1. The smallest absolute Gasteiger partial charge is 0.159 e. The van der Waals surface area contributed by atoms with E-state index in [0.29, 0.717) is 6.04 Å². The molecule has 2 atom stereocenters. The van der Waals surface area contributed by atoms with E-state index in [9.17, 15) is 0 Å². The molecule has 21 heavy (non-hydrogen) atoms. The Morgan fingerprint density at radius 1 is 1.05 bits per heavy atom. The summed E-state index contributed by atoms with van der Waals surface area (Å²) in [6.07, 6.45) is 8.76. The molecular weight excluding hydrogens is 262 g/mol. The lowest BCUT2D eigenvalue weighted by Crippen LogP contribution is -2.37. The molecule has 2 aromatic rings. The maximum atomic E-state index is 5.57. The first-order valence-electron chi connectivity index (χ1n) is 7.53. The fraction of sp³-hybridized carbons (Fsp3) is 0.412. The van der Waals surface area contributed by atoms with Crippen molar-refractivity contribution in [3.8, 4) is 11.4 Å². The Bertz CT molecular complexity index is 556. The van der Waals surface area contributed by atoms with Crippen LogP contribution >= 0.6 is 0 Å². The van der Waals surface area contributed by atoms with E-state index in [4.69, 9.17) is 4.74 Å². The average molecular weight is 283 g/mol. The van der Waals surface area contributed by atoms with Gasteiger partial charge in [0.05, 0.1) is 30.2 Å². The van der Waals surface area contributed by atoms with E-state index in [1.165, 1.54) is 12.8 Å². The van der Waals surface area contributed by atoms with Gasteiger partial charge >= 0.3 is 0 Å². The summed E-state index contributed by atoms with van der Waals surface area (Å²) in [5, 5.41) is 3.51. The highest BCUT2D eigenvalue weighted by atomic mass is 16.5. The Balaban J connectivity index is 1.69. The van der Waals surface area contributed by atoms with Gasteiger partial charge in [-0.2, -0.15) is 0 Å². The molecule has 1 aliphatic rings. The lowest BCUT2D eigenvalue weighted by molar-refractivity contribution is 0.0606.